The third kappa shape index (κ3) is 5.58. The van der Waals surface area contributed by atoms with Crippen LogP contribution >= 0.6 is 0 Å². The maximum atomic E-state index is 12.4. The van der Waals surface area contributed by atoms with Crippen molar-refractivity contribution in [2.45, 2.75) is 6.54 Å². The molecule has 10 nitrogen and oxygen atoms in total. The van der Waals surface area contributed by atoms with Gasteiger partial charge in [-0.15, -0.1) is 0 Å². The molecule has 0 saturated carbocycles. The van der Waals surface area contributed by atoms with Crippen LogP contribution in [0.1, 0.15) is 16.1 Å². The van der Waals surface area contributed by atoms with Gasteiger partial charge in [-0.2, -0.15) is 0 Å². The lowest BCUT2D eigenvalue weighted by Gasteiger charge is -2.35. The Morgan fingerprint density at radius 1 is 0.906 bits per heavy atom. The summed E-state index contributed by atoms with van der Waals surface area (Å²) >= 11 is 0. The first-order chi connectivity index (χ1) is 15.6. The van der Waals surface area contributed by atoms with Gasteiger partial charge in [0, 0.05) is 32.7 Å². The van der Waals surface area contributed by atoms with Gasteiger partial charge in [-0.1, -0.05) is 6.07 Å². The van der Waals surface area contributed by atoms with Crippen molar-refractivity contribution in [3.63, 3.8) is 0 Å². The molecule has 0 spiro atoms. The molecular formula is C22H26N4O6. The van der Waals surface area contributed by atoms with E-state index < -0.39 is 11.8 Å². The minimum absolute atomic E-state index is 0.0996. The zero-order valence-electron chi connectivity index (χ0n) is 17.7. The van der Waals surface area contributed by atoms with E-state index in [2.05, 4.69) is 15.5 Å². The van der Waals surface area contributed by atoms with E-state index in [1.807, 2.05) is 18.2 Å². The average molecular weight is 442 g/mol. The summed E-state index contributed by atoms with van der Waals surface area (Å²) in [6.45, 7) is 4.24. The topological polar surface area (TPSA) is 113 Å². The van der Waals surface area contributed by atoms with Crippen molar-refractivity contribution in [2.75, 3.05) is 52.5 Å². The van der Waals surface area contributed by atoms with Crippen LogP contribution in [-0.2, 0) is 16.1 Å². The second kappa shape index (κ2) is 10.2. The van der Waals surface area contributed by atoms with Gasteiger partial charge in [0.15, 0.2) is 17.3 Å². The second-order valence-corrected chi connectivity index (χ2v) is 7.57. The molecule has 2 N–H and O–H groups in total. The first-order valence-electron chi connectivity index (χ1n) is 10.6. The molecule has 0 radical (unpaired) electrons. The van der Waals surface area contributed by atoms with Crippen molar-refractivity contribution in [1.29, 1.82) is 0 Å². The number of amides is 3. The summed E-state index contributed by atoms with van der Waals surface area (Å²) in [6.07, 6.45) is 1.38. The normalized spacial score (nSPS) is 15.8. The largest absolute Gasteiger partial charge is 0.486 e. The fourth-order valence-electron chi connectivity index (χ4n) is 3.60. The summed E-state index contributed by atoms with van der Waals surface area (Å²) in [5.74, 6) is 0.621. The molecule has 0 unspecified atom stereocenters. The van der Waals surface area contributed by atoms with Crippen molar-refractivity contribution >= 4 is 17.7 Å². The van der Waals surface area contributed by atoms with Crippen molar-refractivity contribution in [3.8, 4) is 11.5 Å². The van der Waals surface area contributed by atoms with E-state index in [4.69, 9.17) is 13.9 Å². The van der Waals surface area contributed by atoms with Crippen LogP contribution in [0.3, 0.4) is 0 Å². The molecular weight excluding hydrogens is 416 g/mol. The minimum atomic E-state index is -0.481. The number of fused-ring (bicyclic) bond motifs is 1. The molecule has 10 heteroatoms. The highest BCUT2D eigenvalue weighted by molar-refractivity contribution is 5.94. The first-order valence-corrected chi connectivity index (χ1v) is 10.6. The van der Waals surface area contributed by atoms with E-state index in [1.165, 1.54) is 12.3 Å². The predicted octanol–water partition coefficient (Wildman–Crippen LogP) is 0.241. The highest BCUT2D eigenvalue weighted by atomic mass is 16.6. The van der Waals surface area contributed by atoms with Gasteiger partial charge in [-0.3, -0.25) is 19.3 Å². The smallest absolute Gasteiger partial charge is 0.287 e. The standard InChI is InChI=1S/C22H26N4O6/c27-20(13-24-22(29)18-2-1-9-30-18)23-14-21(28)26-7-5-25(6-8-26)15-16-3-4-17-19(12-16)32-11-10-31-17/h1-4,9,12H,5-8,10-11,13-15H2,(H,23,27)(H,24,29). The van der Waals surface area contributed by atoms with Gasteiger partial charge in [-0.25, -0.2) is 0 Å². The van der Waals surface area contributed by atoms with Crippen molar-refractivity contribution in [2.24, 2.45) is 0 Å². The fourth-order valence-corrected chi connectivity index (χ4v) is 3.60. The highest BCUT2D eigenvalue weighted by Gasteiger charge is 2.22. The molecule has 1 aromatic carbocycles. The number of nitrogens with one attached hydrogen (secondary N) is 2. The number of carbonyl (C=O) groups excluding carboxylic acids is 3. The van der Waals surface area contributed by atoms with Crippen LogP contribution in [0, 0.1) is 0 Å². The zero-order chi connectivity index (χ0) is 22.3. The molecule has 1 saturated heterocycles. The maximum Gasteiger partial charge on any atom is 0.287 e. The van der Waals surface area contributed by atoms with Crippen LogP contribution in [-0.4, -0.2) is 80.0 Å². The van der Waals surface area contributed by atoms with E-state index in [9.17, 15) is 14.4 Å². The number of carbonyl (C=O) groups is 3. The Morgan fingerprint density at radius 3 is 2.44 bits per heavy atom. The predicted molar refractivity (Wildman–Crippen MR) is 113 cm³/mol. The minimum Gasteiger partial charge on any atom is -0.486 e. The summed E-state index contributed by atoms with van der Waals surface area (Å²) in [5, 5.41) is 4.99. The summed E-state index contributed by atoms with van der Waals surface area (Å²) < 4.78 is 16.1. The number of rotatable bonds is 7. The van der Waals surface area contributed by atoms with Gasteiger partial charge >= 0.3 is 0 Å². The number of ether oxygens (including phenoxy) is 2. The Bertz CT molecular complexity index is 953. The Labute approximate surface area is 185 Å². The van der Waals surface area contributed by atoms with E-state index in [-0.39, 0.29) is 24.8 Å². The van der Waals surface area contributed by atoms with Crippen molar-refractivity contribution < 1.29 is 28.3 Å². The summed E-state index contributed by atoms with van der Waals surface area (Å²) in [7, 11) is 0. The SMILES string of the molecule is O=C(CNC(=O)c1ccco1)NCC(=O)N1CCN(Cc2ccc3c(c2)OCCO3)CC1. The molecule has 2 aliphatic rings. The molecule has 32 heavy (non-hydrogen) atoms. The second-order valence-electron chi connectivity index (χ2n) is 7.57. The zero-order valence-corrected chi connectivity index (χ0v) is 17.7. The lowest BCUT2D eigenvalue weighted by molar-refractivity contribution is -0.134. The van der Waals surface area contributed by atoms with Gasteiger partial charge in [0.25, 0.3) is 5.91 Å². The van der Waals surface area contributed by atoms with Gasteiger partial charge < -0.3 is 29.4 Å². The van der Waals surface area contributed by atoms with E-state index in [0.29, 0.717) is 26.3 Å². The molecule has 2 aliphatic heterocycles. The fraction of sp³-hybridized carbons (Fsp3) is 0.409. The molecule has 2 aromatic rings. The van der Waals surface area contributed by atoms with Crippen LogP contribution in [0.25, 0.3) is 0 Å². The Hall–Kier alpha value is -3.53. The number of furan rings is 1. The van der Waals surface area contributed by atoms with Gasteiger partial charge in [-0.05, 0) is 29.8 Å². The Kier molecular flexibility index (Phi) is 6.90. The van der Waals surface area contributed by atoms with E-state index in [0.717, 1.165) is 36.7 Å². The summed E-state index contributed by atoms with van der Waals surface area (Å²) in [6, 6.07) is 9.06. The maximum absolute atomic E-state index is 12.4. The van der Waals surface area contributed by atoms with Crippen LogP contribution < -0.4 is 20.1 Å². The number of hydrogen-bond acceptors (Lipinski definition) is 7. The first kappa shape index (κ1) is 21.7. The quantitative estimate of drug-likeness (QED) is 0.632. The van der Waals surface area contributed by atoms with Crippen LogP contribution in [0.4, 0.5) is 0 Å². The molecule has 1 fully saturated rings. The lowest BCUT2D eigenvalue weighted by atomic mass is 10.1. The highest BCUT2D eigenvalue weighted by Crippen LogP contribution is 2.31. The Balaban J connectivity index is 1.15. The number of nitrogens with zero attached hydrogens (tertiary/aromatic N) is 2. The third-order valence-corrected chi connectivity index (χ3v) is 5.33. The molecule has 3 amide bonds. The summed E-state index contributed by atoms with van der Waals surface area (Å²) in [4.78, 5) is 40.1. The summed E-state index contributed by atoms with van der Waals surface area (Å²) in [5.41, 5.74) is 1.14. The van der Waals surface area contributed by atoms with Crippen molar-refractivity contribution in [1.82, 2.24) is 20.4 Å². The molecule has 0 aliphatic carbocycles. The molecule has 1 aromatic heterocycles. The van der Waals surface area contributed by atoms with Gasteiger partial charge in [0.05, 0.1) is 19.4 Å². The van der Waals surface area contributed by atoms with Gasteiger partial charge in [0.1, 0.15) is 13.2 Å². The number of hydrogen-bond donors (Lipinski definition) is 2. The van der Waals surface area contributed by atoms with Crippen molar-refractivity contribution in [3.05, 3.63) is 47.9 Å². The molecule has 3 heterocycles. The molecule has 4 rings (SSSR count). The number of piperazine rings is 1. The third-order valence-electron chi connectivity index (χ3n) is 5.33. The molecule has 0 bridgehead atoms. The van der Waals surface area contributed by atoms with Gasteiger partial charge in [0.2, 0.25) is 11.8 Å². The number of benzene rings is 1. The monoisotopic (exact) mass is 442 g/mol. The average Bonchev–Trinajstić information content (AvgIpc) is 3.36. The van der Waals surface area contributed by atoms with Crippen LogP contribution in [0.2, 0.25) is 0 Å². The Morgan fingerprint density at radius 2 is 1.69 bits per heavy atom. The molecule has 170 valence electrons. The lowest BCUT2D eigenvalue weighted by Crippen LogP contribution is -2.51. The van der Waals surface area contributed by atoms with Crippen LogP contribution in [0.15, 0.2) is 41.0 Å². The van der Waals surface area contributed by atoms with E-state index >= 15 is 0 Å². The van der Waals surface area contributed by atoms with E-state index in [1.54, 1.807) is 11.0 Å². The molecule has 0 atom stereocenters. The van der Waals surface area contributed by atoms with Crippen LogP contribution in [0.5, 0.6) is 11.5 Å².